The Morgan fingerprint density at radius 3 is 2.61 bits per heavy atom. The molecular weight excluding hydrogens is 292 g/mol. The van der Waals surface area contributed by atoms with Gasteiger partial charge in [0, 0.05) is 49.4 Å². The molecule has 0 spiro atoms. The van der Waals surface area contributed by atoms with Gasteiger partial charge in [-0.3, -0.25) is 4.90 Å². The van der Waals surface area contributed by atoms with E-state index in [9.17, 15) is 0 Å². The van der Waals surface area contributed by atoms with Crippen molar-refractivity contribution in [1.82, 2.24) is 9.88 Å². The van der Waals surface area contributed by atoms with Gasteiger partial charge in [0.1, 0.15) is 5.82 Å². The first-order valence-electron chi connectivity index (χ1n) is 6.43. The average Bonchev–Trinajstić information content (AvgIpc) is 2.41. The maximum Gasteiger partial charge on any atom is 0.128 e. The largest absolute Gasteiger partial charge is 0.354 e. The third kappa shape index (κ3) is 3.02. The van der Waals surface area contributed by atoms with Crippen molar-refractivity contribution in [2.24, 2.45) is 5.73 Å². The Morgan fingerprint density at radius 2 is 2.06 bits per heavy atom. The maximum atomic E-state index is 5.71. The van der Waals surface area contributed by atoms with Crippen molar-refractivity contribution in [3.8, 4) is 0 Å². The quantitative estimate of drug-likeness (QED) is 0.921. The second-order valence-electron chi connectivity index (χ2n) is 4.90. The zero-order chi connectivity index (χ0) is 13.1. The molecule has 1 fully saturated rings. The summed E-state index contributed by atoms with van der Waals surface area (Å²) in [5.74, 6) is 1.08. The Balaban J connectivity index is 1.99. The summed E-state index contributed by atoms with van der Waals surface area (Å²) in [7, 11) is 0. The molecule has 0 bridgehead atoms. The third-order valence-corrected chi connectivity index (χ3v) is 4.47. The average molecular weight is 313 g/mol. The fourth-order valence-electron chi connectivity index (χ4n) is 2.24. The van der Waals surface area contributed by atoms with Crippen molar-refractivity contribution in [3.05, 3.63) is 22.3 Å². The maximum absolute atomic E-state index is 5.71. The molecule has 100 valence electrons. The van der Waals surface area contributed by atoms with Crippen LogP contribution in [0.2, 0.25) is 0 Å². The van der Waals surface area contributed by atoms with Crippen LogP contribution in [0, 0.1) is 6.92 Å². The first kappa shape index (κ1) is 13.8. The molecule has 1 aliphatic rings. The number of halogens is 1. The van der Waals surface area contributed by atoms with Crippen molar-refractivity contribution in [2.45, 2.75) is 19.9 Å². The van der Waals surface area contributed by atoms with E-state index in [4.69, 9.17) is 5.73 Å². The molecule has 0 aromatic carbocycles. The third-order valence-electron chi connectivity index (χ3n) is 3.64. The lowest BCUT2D eigenvalue weighted by molar-refractivity contribution is 0.201. The number of hydrogen-bond acceptors (Lipinski definition) is 4. The predicted octanol–water partition coefficient (Wildman–Crippen LogP) is 1.62. The molecule has 1 atom stereocenters. The first-order chi connectivity index (χ1) is 8.61. The van der Waals surface area contributed by atoms with E-state index in [1.54, 1.807) is 0 Å². The Labute approximate surface area is 117 Å². The number of piperazine rings is 1. The summed E-state index contributed by atoms with van der Waals surface area (Å²) in [5, 5.41) is 0. The summed E-state index contributed by atoms with van der Waals surface area (Å²) >= 11 is 3.49. The van der Waals surface area contributed by atoms with Gasteiger partial charge in [0.2, 0.25) is 0 Å². The normalized spacial score (nSPS) is 19.0. The molecule has 2 N–H and O–H groups in total. The molecule has 0 saturated carbocycles. The summed E-state index contributed by atoms with van der Waals surface area (Å²) in [5.41, 5.74) is 6.95. The highest BCUT2D eigenvalue weighted by atomic mass is 79.9. The van der Waals surface area contributed by atoms with E-state index in [0.717, 1.165) is 43.0 Å². The zero-order valence-electron chi connectivity index (χ0n) is 11.1. The van der Waals surface area contributed by atoms with Crippen LogP contribution < -0.4 is 10.6 Å². The van der Waals surface area contributed by atoms with E-state index in [1.165, 1.54) is 5.56 Å². The summed E-state index contributed by atoms with van der Waals surface area (Å²) in [6.45, 7) is 9.20. The van der Waals surface area contributed by atoms with Crippen LogP contribution in [0.15, 0.2) is 16.7 Å². The number of aromatic nitrogens is 1. The van der Waals surface area contributed by atoms with Crippen molar-refractivity contribution >= 4 is 21.7 Å². The Kier molecular flexibility index (Phi) is 4.59. The van der Waals surface area contributed by atoms with Crippen LogP contribution in [-0.4, -0.2) is 48.6 Å². The van der Waals surface area contributed by atoms with Crippen molar-refractivity contribution in [3.63, 3.8) is 0 Å². The minimum absolute atomic E-state index is 0.478. The number of nitrogens with zero attached hydrogens (tertiary/aromatic N) is 3. The van der Waals surface area contributed by atoms with Crippen LogP contribution in [0.1, 0.15) is 12.5 Å². The molecule has 5 heteroatoms. The van der Waals surface area contributed by atoms with Crippen LogP contribution in [0.4, 0.5) is 5.82 Å². The topological polar surface area (TPSA) is 45.4 Å². The molecule has 2 heterocycles. The van der Waals surface area contributed by atoms with E-state index in [0.29, 0.717) is 6.04 Å². The van der Waals surface area contributed by atoms with Crippen LogP contribution in [0.3, 0.4) is 0 Å². The molecule has 1 aliphatic heterocycles. The molecule has 1 aromatic rings. The Morgan fingerprint density at radius 1 is 1.39 bits per heavy atom. The lowest BCUT2D eigenvalue weighted by atomic mass is 10.2. The lowest BCUT2D eigenvalue weighted by Crippen LogP contribution is -2.51. The summed E-state index contributed by atoms with van der Waals surface area (Å²) in [6, 6.07) is 2.62. The summed E-state index contributed by atoms with van der Waals surface area (Å²) < 4.78 is 1.07. The molecule has 0 amide bonds. The zero-order valence-corrected chi connectivity index (χ0v) is 12.7. The molecule has 1 saturated heterocycles. The van der Waals surface area contributed by atoms with Gasteiger partial charge in [0.05, 0.1) is 0 Å². The molecule has 4 nitrogen and oxygen atoms in total. The molecular formula is C13H21BrN4. The fourth-order valence-corrected chi connectivity index (χ4v) is 2.46. The van der Waals surface area contributed by atoms with Crippen LogP contribution in [0.5, 0.6) is 0 Å². The minimum atomic E-state index is 0.478. The van der Waals surface area contributed by atoms with Gasteiger partial charge >= 0.3 is 0 Å². The van der Waals surface area contributed by atoms with E-state index in [2.05, 4.69) is 50.6 Å². The number of hydrogen-bond donors (Lipinski definition) is 1. The molecule has 1 unspecified atom stereocenters. The number of pyridine rings is 1. The van der Waals surface area contributed by atoms with Gasteiger partial charge in [-0.15, -0.1) is 0 Å². The number of anilines is 1. The Hall–Kier alpha value is -0.650. The van der Waals surface area contributed by atoms with Crippen molar-refractivity contribution < 1.29 is 0 Å². The van der Waals surface area contributed by atoms with E-state index < -0.39 is 0 Å². The van der Waals surface area contributed by atoms with Crippen LogP contribution in [0.25, 0.3) is 0 Å². The highest BCUT2D eigenvalue weighted by molar-refractivity contribution is 9.10. The van der Waals surface area contributed by atoms with Gasteiger partial charge in [-0.2, -0.15) is 0 Å². The highest BCUT2D eigenvalue weighted by Gasteiger charge is 2.21. The van der Waals surface area contributed by atoms with Gasteiger partial charge in [-0.1, -0.05) is 0 Å². The molecule has 1 aromatic heterocycles. The van der Waals surface area contributed by atoms with E-state index in [-0.39, 0.29) is 0 Å². The smallest absolute Gasteiger partial charge is 0.128 e. The van der Waals surface area contributed by atoms with Gasteiger partial charge in [-0.25, -0.2) is 4.98 Å². The highest BCUT2D eigenvalue weighted by Crippen LogP contribution is 2.21. The first-order valence-corrected chi connectivity index (χ1v) is 7.22. The number of rotatable bonds is 3. The van der Waals surface area contributed by atoms with E-state index >= 15 is 0 Å². The predicted molar refractivity (Wildman–Crippen MR) is 79.0 cm³/mol. The van der Waals surface area contributed by atoms with Gasteiger partial charge in [0.15, 0.2) is 0 Å². The standard InChI is InChI=1S/C13H21BrN4/c1-10-7-13(16-9-12(10)14)18-5-3-17(4-6-18)11(2)8-15/h7,9,11H,3-6,8,15H2,1-2H3. The minimum Gasteiger partial charge on any atom is -0.354 e. The molecule has 2 rings (SSSR count). The molecule has 0 aliphatic carbocycles. The Bertz CT molecular complexity index is 402. The van der Waals surface area contributed by atoms with Crippen LogP contribution >= 0.6 is 15.9 Å². The lowest BCUT2D eigenvalue weighted by Gasteiger charge is -2.38. The van der Waals surface area contributed by atoms with Gasteiger partial charge < -0.3 is 10.6 Å². The fraction of sp³-hybridized carbons (Fsp3) is 0.615. The van der Waals surface area contributed by atoms with Crippen molar-refractivity contribution in [1.29, 1.82) is 0 Å². The van der Waals surface area contributed by atoms with E-state index in [1.807, 2.05) is 6.20 Å². The van der Waals surface area contributed by atoms with Crippen LogP contribution in [-0.2, 0) is 0 Å². The summed E-state index contributed by atoms with van der Waals surface area (Å²) in [6.07, 6.45) is 1.89. The number of nitrogens with two attached hydrogens (primary N) is 1. The number of aryl methyl sites for hydroxylation is 1. The molecule has 18 heavy (non-hydrogen) atoms. The monoisotopic (exact) mass is 312 g/mol. The second kappa shape index (κ2) is 5.99. The molecule has 0 radical (unpaired) electrons. The van der Waals surface area contributed by atoms with Crippen molar-refractivity contribution in [2.75, 3.05) is 37.6 Å². The summed E-state index contributed by atoms with van der Waals surface area (Å²) in [4.78, 5) is 9.28. The van der Waals surface area contributed by atoms with Gasteiger partial charge in [0.25, 0.3) is 0 Å². The SMILES string of the molecule is Cc1cc(N2CCN(C(C)CN)CC2)ncc1Br. The van der Waals surface area contributed by atoms with Gasteiger partial charge in [-0.05, 0) is 41.4 Å². The second-order valence-corrected chi connectivity index (χ2v) is 5.75.